The first kappa shape index (κ1) is 15.9. The Morgan fingerprint density at radius 2 is 1.78 bits per heavy atom. The quantitative estimate of drug-likeness (QED) is 0.922. The van der Waals surface area contributed by atoms with E-state index in [1.54, 1.807) is 6.92 Å². The smallest absolute Gasteiger partial charge is 0.205 e. The Labute approximate surface area is 137 Å². The lowest BCUT2D eigenvalue weighted by Gasteiger charge is -2.34. The third-order valence-corrected chi connectivity index (χ3v) is 4.70. The van der Waals surface area contributed by atoms with E-state index in [2.05, 4.69) is 26.0 Å². The summed E-state index contributed by atoms with van der Waals surface area (Å²) in [5.41, 5.74) is 5.56. The third-order valence-electron chi connectivity index (χ3n) is 4.70. The van der Waals surface area contributed by atoms with Gasteiger partial charge in [0.2, 0.25) is 5.79 Å². The molecule has 1 aliphatic rings. The number of hydrogen-bond acceptors (Lipinski definition) is 3. The van der Waals surface area contributed by atoms with Crippen molar-refractivity contribution in [3.63, 3.8) is 0 Å². The molecule has 122 valence electrons. The molecular formula is C20H24O3. The highest BCUT2D eigenvalue weighted by Crippen LogP contribution is 2.43. The summed E-state index contributed by atoms with van der Waals surface area (Å²) in [6, 6.07) is 10.2. The standard InChI is InChI=1S/C20H24O3/c1-13-14(2)19-17(10-11-20(4,21)23-19)15(3)18(13)22-12-16-8-6-5-7-9-16/h5-9,21H,10-12H2,1-4H3/t20-/m0/s1. The fourth-order valence-electron chi connectivity index (χ4n) is 3.17. The minimum atomic E-state index is -1.08. The van der Waals surface area contributed by atoms with Crippen molar-refractivity contribution < 1.29 is 14.6 Å². The molecule has 0 saturated carbocycles. The lowest BCUT2D eigenvalue weighted by molar-refractivity contribution is -0.134. The van der Waals surface area contributed by atoms with E-state index in [0.717, 1.165) is 45.7 Å². The summed E-state index contributed by atoms with van der Waals surface area (Å²) >= 11 is 0. The average Bonchev–Trinajstić information content (AvgIpc) is 2.53. The zero-order valence-electron chi connectivity index (χ0n) is 14.3. The van der Waals surface area contributed by atoms with Crippen molar-refractivity contribution in [1.82, 2.24) is 0 Å². The minimum Gasteiger partial charge on any atom is -0.488 e. The highest BCUT2D eigenvalue weighted by atomic mass is 16.6. The highest BCUT2D eigenvalue weighted by molar-refractivity contribution is 5.58. The summed E-state index contributed by atoms with van der Waals surface area (Å²) in [4.78, 5) is 0. The normalized spacial score (nSPS) is 19.9. The number of ether oxygens (including phenoxy) is 2. The van der Waals surface area contributed by atoms with E-state index >= 15 is 0 Å². The molecule has 3 nitrogen and oxygen atoms in total. The Hall–Kier alpha value is -2.00. The van der Waals surface area contributed by atoms with Crippen LogP contribution in [0.4, 0.5) is 0 Å². The molecule has 0 saturated heterocycles. The third kappa shape index (κ3) is 3.06. The predicted molar refractivity (Wildman–Crippen MR) is 91.0 cm³/mol. The first-order valence-electron chi connectivity index (χ1n) is 8.10. The maximum atomic E-state index is 10.2. The number of rotatable bonds is 3. The van der Waals surface area contributed by atoms with Gasteiger partial charge >= 0.3 is 0 Å². The van der Waals surface area contributed by atoms with Crippen molar-refractivity contribution in [2.45, 2.75) is 52.9 Å². The maximum absolute atomic E-state index is 10.2. The molecule has 3 heteroatoms. The molecule has 2 aromatic carbocycles. The second-order valence-electron chi connectivity index (χ2n) is 6.56. The summed E-state index contributed by atoms with van der Waals surface area (Å²) in [7, 11) is 0. The molecule has 0 aliphatic carbocycles. The van der Waals surface area contributed by atoms with E-state index in [9.17, 15) is 5.11 Å². The van der Waals surface area contributed by atoms with Gasteiger partial charge in [0.1, 0.15) is 18.1 Å². The lowest BCUT2D eigenvalue weighted by atomic mass is 9.91. The van der Waals surface area contributed by atoms with E-state index < -0.39 is 5.79 Å². The zero-order chi connectivity index (χ0) is 16.6. The molecule has 1 atom stereocenters. The van der Waals surface area contributed by atoms with Crippen LogP contribution in [-0.2, 0) is 13.0 Å². The first-order valence-corrected chi connectivity index (χ1v) is 8.10. The van der Waals surface area contributed by atoms with Crippen molar-refractivity contribution in [3.05, 3.63) is 58.1 Å². The lowest BCUT2D eigenvalue weighted by Crippen LogP contribution is -2.36. The van der Waals surface area contributed by atoms with Gasteiger partial charge in [0.25, 0.3) is 0 Å². The second kappa shape index (κ2) is 5.89. The van der Waals surface area contributed by atoms with Gasteiger partial charge in [0.15, 0.2) is 0 Å². The molecule has 3 rings (SSSR count). The monoisotopic (exact) mass is 312 g/mol. The van der Waals surface area contributed by atoms with Crippen molar-refractivity contribution in [2.75, 3.05) is 0 Å². The van der Waals surface area contributed by atoms with Gasteiger partial charge in [0.05, 0.1) is 0 Å². The van der Waals surface area contributed by atoms with Gasteiger partial charge in [-0.25, -0.2) is 0 Å². The molecule has 23 heavy (non-hydrogen) atoms. The van der Waals surface area contributed by atoms with Crippen LogP contribution in [0.1, 0.15) is 41.2 Å². The van der Waals surface area contributed by atoms with Crippen LogP contribution in [0, 0.1) is 20.8 Å². The van der Waals surface area contributed by atoms with Crippen LogP contribution >= 0.6 is 0 Å². The van der Waals surface area contributed by atoms with Crippen molar-refractivity contribution in [2.24, 2.45) is 0 Å². The SMILES string of the molecule is Cc1c(C)c2c(c(C)c1OCc1ccccc1)CC[C@@](C)(O)O2. The van der Waals surface area contributed by atoms with Gasteiger partial charge < -0.3 is 14.6 Å². The summed E-state index contributed by atoms with van der Waals surface area (Å²) in [5.74, 6) is 0.682. The van der Waals surface area contributed by atoms with Gasteiger partial charge in [-0.1, -0.05) is 30.3 Å². The maximum Gasteiger partial charge on any atom is 0.205 e. The topological polar surface area (TPSA) is 38.7 Å². The minimum absolute atomic E-state index is 0.555. The van der Waals surface area contributed by atoms with Gasteiger partial charge in [-0.05, 0) is 49.4 Å². The fourth-order valence-corrected chi connectivity index (χ4v) is 3.17. The van der Waals surface area contributed by atoms with E-state index in [0.29, 0.717) is 13.0 Å². The summed E-state index contributed by atoms with van der Waals surface area (Å²) in [5, 5.41) is 10.2. The van der Waals surface area contributed by atoms with Gasteiger partial charge in [-0.15, -0.1) is 0 Å². The van der Waals surface area contributed by atoms with Crippen LogP contribution in [0.25, 0.3) is 0 Å². The molecule has 0 aromatic heterocycles. The molecule has 0 radical (unpaired) electrons. The Kier molecular flexibility index (Phi) is 4.07. The molecule has 1 N–H and O–H groups in total. The second-order valence-corrected chi connectivity index (χ2v) is 6.56. The fraction of sp³-hybridized carbons (Fsp3) is 0.400. The number of hydrogen-bond donors (Lipinski definition) is 1. The molecular weight excluding hydrogens is 288 g/mol. The Bertz CT molecular complexity index is 718. The van der Waals surface area contributed by atoms with Crippen LogP contribution in [0.15, 0.2) is 30.3 Å². The van der Waals surface area contributed by atoms with Crippen LogP contribution in [-0.4, -0.2) is 10.9 Å². The van der Waals surface area contributed by atoms with Crippen molar-refractivity contribution in [1.29, 1.82) is 0 Å². The molecule has 0 bridgehead atoms. The number of benzene rings is 2. The van der Waals surface area contributed by atoms with E-state index in [4.69, 9.17) is 9.47 Å². The number of fused-ring (bicyclic) bond motifs is 1. The largest absolute Gasteiger partial charge is 0.488 e. The highest BCUT2D eigenvalue weighted by Gasteiger charge is 2.32. The first-order chi connectivity index (χ1) is 10.9. The van der Waals surface area contributed by atoms with Crippen molar-refractivity contribution in [3.8, 4) is 11.5 Å². The van der Waals surface area contributed by atoms with Crippen LogP contribution in [0.3, 0.4) is 0 Å². The van der Waals surface area contributed by atoms with Gasteiger partial charge in [-0.2, -0.15) is 0 Å². The summed E-state index contributed by atoms with van der Waals surface area (Å²) < 4.78 is 12.0. The van der Waals surface area contributed by atoms with E-state index in [1.165, 1.54) is 0 Å². The van der Waals surface area contributed by atoms with E-state index in [-0.39, 0.29) is 0 Å². The predicted octanol–water partition coefficient (Wildman–Crippen LogP) is 4.22. The molecule has 0 unspecified atom stereocenters. The number of aliphatic hydroxyl groups is 1. The molecule has 1 heterocycles. The molecule has 0 fully saturated rings. The van der Waals surface area contributed by atoms with E-state index in [1.807, 2.05) is 25.1 Å². The van der Waals surface area contributed by atoms with Gasteiger partial charge in [-0.3, -0.25) is 0 Å². The summed E-state index contributed by atoms with van der Waals surface area (Å²) in [6.07, 6.45) is 1.40. The zero-order valence-corrected chi connectivity index (χ0v) is 14.3. The van der Waals surface area contributed by atoms with Gasteiger partial charge in [0, 0.05) is 18.9 Å². The van der Waals surface area contributed by atoms with Crippen LogP contribution < -0.4 is 9.47 Å². The molecule has 2 aromatic rings. The Morgan fingerprint density at radius 1 is 1.09 bits per heavy atom. The van der Waals surface area contributed by atoms with Crippen LogP contribution in [0.2, 0.25) is 0 Å². The molecule has 0 spiro atoms. The average molecular weight is 312 g/mol. The van der Waals surface area contributed by atoms with Crippen LogP contribution in [0.5, 0.6) is 11.5 Å². The molecule has 1 aliphatic heterocycles. The molecule has 0 amide bonds. The van der Waals surface area contributed by atoms with Crippen molar-refractivity contribution >= 4 is 0 Å². The Balaban J connectivity index is 1.95. The Morgan fingerprint density at radius 3 is 2.48 bits per heavy atom. The summed E-state index contributed by atoms with van der Waals surface area (Å²) in [6.45, 7) is 8.44.